The summed E-state index contributed by atoms with van der Waals surface area (Å²) in [6.45, 7) is 4.43. The Kier molecular flexibility index (Phi) is 5.09. The zero-order valence-electron chi connectivity index (χ0n) is 14.3. The van der Waals surface area contributed by atoms with Crippen LogP contribution in [0.4, 0.5) is 4.79 Å². The number of hydrogen-bond donors (Lipinski definition) is 2. The van der Waals surface area contributed by atoms with Crippen LogP contribution in [0.25, 0.3) is 5.82 Å². The van der Waals surface area contributed by atoms with E-state index in [1.54, 1.807) is 17.1 Å². The van der Waals surface area contributed by atoms with Crippen molar-refractivity contribution >= 4 is 6.03 Å². The number of hydrogen-bond acceptors (Lipinski definition) is 3. The number of nitrogens with one attached hydrogen (secondary N) is 2. The fourth-order valence-electron chi connectivity index (χ4n) is 2.64. The molecule has 2 N–H and O–H groups in total. The summed E-state index contributed by atoms with van der Waals surface area (Å²) >= 11 is 0. The maximum absolute atomic E-state index is 12.1. The molecule has 0 aliphatic heterocycles. The molecule has 6 heteroatoms. The van der Waals surface area contributed by atoms with E-state index in [4.69, 9.17) is 0 Å². The highest BCUT2D eigenvalue weighted by atomic mass is 16.2. The molecule has 0 saturated heterocycles. The van der Waals surface area contributed by atoms with Gasteiger partial charge in [-0.1, -0.05) is 30.3 Å². The Bertz CT molecular complexity index is 827. The second-order valence-corrected chi connectivity index (χ2v) is 5.88. The summed E-state index contributed by atoms with van der Waals surface area (Å²) < 4.78 is 1.69. The largest absolute Gasteiger partial charge is 0.334 e. The van der Waals surface area contributed by atoms with E-state index in [0.29, 0.717) is 6.54 Å². The van der Waals surface area contributed by atoms with Gasteiger partial charge in [0.15, 0.2) is 5.82 Å². The van der Waals surface area contributed by atoms with Gasteiger partial charge in [0.1, 0.15) is 0 Å². The van der Waals surface area contributed by atoms with E-state index in [9.17, 15) is 4.79 Å². The molecule has 0 bridgehead atoms. The molecule has 1 atom stereocenters. The highest BCUT2D eigenvalue weighted by molar-refractivity contribution is 5.74. The SMILES string of the molecule is Cc1ccccc1[C@H](C)NC(=O)NCc1ccc(-n2cccn2)nc1. The lowest BCUT2D eigenvalue weighted by molar-refractivity contribution is 0.237. The quantitative estimate of drug-likeness (QED) is 0.752. The van der Waals surface area contributed by atoms with Gasteiger partial charge in [-0.3, -0.25) is 0 Å². The van der Waals surface area contributed by atoms with Gasteiger partial charge in [0, 0.05) is 25.1 Å². The Balaban J connectivity index is 1.53. The van der Waals surface area contributed by atoms with E-state index in [-0.39, 0.29) is 12.1 Å². The van der Waals surface area contributed by atoms with Crippen LogP contribution in [0, 0.1) is 6.92 Å². The van der Waals surface area contributed by atoms with Gasteiger partial charge in [-0.2, -0.15) is 5.10 Å². The summed E-state index contributed by atoms with van der Waals surface area (Å²) in [6.07, 6.45) is 5.28. The molecule has 0 unspecified atom stereocenters. The summed E-state index contributed by atoms with van der Waals surface area (Å²) in [4.78, 5) is 16.5. The summed E-state index contributed by atoms with van der Waals surface area (Å²) in [5.41, 5.74) is 3.20. The van der Waals surface area contributed by atoms with Gasteiger partial charge in [0.2, 0.25) is 0 Å². The molecule has 2 aromatic heterocycles. The number of benzene rings is 1. The van der Waals surface area contributed by atoms with E-state index >= 15 is 0 Å². The van der Waals surface area contributed by atoms with Gasteiger partial charge >= 0.3 is 6.03 Å². The summed E-state index contributed by atoms with van der Waals surface area (Å²) in [5, 5.41) is 9.95. The molecule has 2 amide bonds. The summed E-state index contributed by atoms with van der Waals surface area (Å²) in [7, 11) is 0. The highest BCUT2D eigenvalue weighted by Gasteiger charge is 2.11. The second-order valence-electron chi connectivity index (χ2n) is 5.88. The zero-order valence-corrected chi connectivity index (χ0v) is 14.3. The molecule has 6 nitrogen and oxygen atoms in total. The molecule has 2 heterocycles. The predicted octanol–water partition coefficient (Wildman–Crippen LogP) is 3.14. The first-order chi connectivity index (χ1) is 12.1. The van der Waals surface area contributed by atoms with Crippen LogP contribution < -0.4 is 10.6 Å². The van der Waals surface area contributed by atoms with Gasteiger partial charge in [-0.15, -0.1) is 0 Å². The first-order valence-electron chi connectivity index (χ1n) is 8.18. The lowest BCUT2D eigenvalue weighted by Crippen LogP contribution is -2.36. The maximum Gasteiger partial charge on any atom is 0.315 e. The fraction of sp³-hybridized carbons (Fsp3) is 0.211. The third-order valence-corrected chi connectivity index (χ3v) is 4.00. The molecule has 128 valence electrons. The van der Waals surface area contributed by atoms with Crippen LogP contribution in [-0.4, -0.2) is 20.8 Å². The number of nitrogens with zero attached hydrogens (tertiary/aromatic N) is 3. The molecule has 0 aliphatic carbocycles. The average Bonchev–Trinajstić information content (AvgIpc) is 3.15. The van der Waals surface area contributed by atoms with Crippen molar-refractivity contribution in [3.05, 3.63) is 77.7 Å². The first kappa shape index (κ1) is 16.7. The van der Waals surface area contributed by atoms with Crippen LogP contribution in [-0.2, 0) is 6.54 Å². The standard InChI is InChI=1S/C19H21N5O/c1-14-6-3-4-7-17(14)15(2)23-19(25)21-13-16-8-9-18(20-12-16)24-11-5-10-22-24/h3-12,15H,13H2,1-2H3,(H2,21,23,25)/t15-/m0/s1. The van der Waals surface area contributed by atoms with E-state index in [2.05, 4.69) is 20.7 Å². The van der Waals surface area contributed by atoms with E-state index in [0.717, 1.165) is 22.5 Å². The third kappa shape index (κ3) is 4.23. The molecular formula is C19H21N5O. The number of urea groups is 1. The number of pyridine rings is 1. The van der Waals surface area contributed by atoms with Crippen LogP contribution in [0.2, 0.25) is 0 Å². The Morgan fingerprint density at radius 1 is 1.20 bits per heavy atom. The number of aromatic nitrogens is 3. The molecule has 3 aromatic rings. The van der Waals surface area contributed by atoms with Gasteiger partial charge in [0.25, 0.3) is 0 Å². The first-order valence-corrected chi connectivity index (χ1v) is 8.18. The average molecular weight is 335 g/mol. The minimum atomic E-state index is -0.202. The third-order valence-electron chi connectivity index (χ3n) is 4.00. The van der Waals surface area contributed by atoms with Crippen LogP contribution >= 0.6 is 0 Å². The van der Waals surface area contributed by atoms with E-state index in [1.807, 2.05) is 62.5 Å². The van der Waals surface area contributed by atoms with E-state index in [1.165, 1.54) is 0 Å². The van der Waals surface area contributed by atoms with Crippen LogP contribution in [0.5, 0.6) is 0 Å². The topological polar surface area (TPSA) is 71.8 Å². The van der Waals surface area contributed by atoms with Crippen LogP contribution in [0.15, 0.2) is 61.1 Å². The van der Waals surface area contributed by atoms with Crippen LogP contribution in [0.3, 0.4) is 0 Å². The molecule has 0 spiro atoms. The minimum absolute atomic E-state index is 0.0542. The van der Waals surface area contributed by atoms with Crippen molar-refractivity contribution in [1.29, 1.82) is 0 Å². The number of aryl methyl sites for hydroxylation is 1. The Labute approximate surface area is 146 Å². The summed E-state index contributed by atoms with van der Waals surface area (Å²) in [5.74, 6) is 0.742. The van der Waals surface area contributed by atoms with Gasteiger partial charge < -0.3 is 10.6 Å². The van der Waals surface area contributed by atoms with Gasteiger partial charge in [-0.25, -0.2) is 14.5 Å². The van der Waals surface area contributed by atoms with Crippen molar-refractivity contribution in [2.75, 3.05) is 0 Å². The molecule has 1 aromatic carbocycles. The zero-order chi connectivity index (χ0) is 17.6. The Morgan fingerprint density at radius 2 is 2.04 bits per heavy atom. The van der Waals surface area contributed by atoms with E-state index < -0.39 is 0 Å². The maximum atomic E-state index is 12.1. The van der Waals surface area contributed by atoms with Crippen LogP contribution in [0.1, 0.15) is 29.7 Å². The monoisotopic (exact) mass is 335 g/mol. The molecule has 3 rings (SSSR count). The number of amides is 2. The summed E-state index contributed by atoms with van der Waals surface area (Å²) in [6, 6.07) is 13.4. The molecule has 0 aliphatic rings. The normalized spacial score (nSPS) is 11.8. The van der Waals surface area contributed by atoms with Crippen molar-refractivity contribution in [1.82, 2.24) is 25.4 Å². The van der Waals surface area contributed by atoms with Gasteiger partial charge in [-0.05, 0) is 42.7 Å². The predicted molar refractivity (Wildman–Crippen MR) is 96.3 cm³/mol. The number of carbonyl (C=O) groups excluding carboxylic acids is 1. The lowest BCUT2D eigenvalue weighted by Gasteiger charge is -2.17. The molecule has 0 radical (unpaired) electrons. The van der Waals surface area contributed by atoms with Crippen molar-refractivity contribution in [2.45, 2.75) is 26.4 Å². The van der Waals surface area contributed by atoms with Crippen molar-refractivity contribution in [2.24, 2.45) is 0 Å². The number of carbonyl (C=O) groups is 1. The smallest absolute Gasteiger partial charge is 0.315 e. The number of rotatable bonds is 5. The van der Waals surface area contributed by atoms with Crippen molar-refractivity contribution in [3.63, 3.8) is 0 Å². The molecule has 0 fully saturated rings. The highest BCUT2D eigenvalue weighted by Crippen LogP contribution is 2.16. The van der Waals surface area contributed by atoms with Crippen molar-refractivity contribution in [3.8, 4) is 5.82 Å². The Morgan fingerprint density at radius 3 is 2.72 bits per heavy atom. The second kappa shape index (κ2) is 7.61. The molecular weight excluding hydrogens is 314 g/mol. The lowest BCUT2D eigenvalue weighted by atomic mass is 10.0. The van der Waals surface area contributed by atoms with Gasteiger partial charge in [0.05, 0.1) is 6.04 Å². The Hall–Kier alpha value is -3.15. The van der Waals surface area contributed by atoms with Crippen molar-refractivity contribution < 1.29 is 4.79 Å². The molecule has 0 saturated carbocycles. The minimum Gasteiger partial charge on any atom is -0.334 e. The molecule has 25 heavy (non-hydrogen) atoms. The fourth-order valence-corrected chi connectivity index (χ4v) is 2.64.